The molecule has 2 fully saturated rings. The molecule has 0 saturated heterocycles. The second-order valence-electron chi connectivity index (χ2n) is 10.1. The van der Waals surface area contributed by atoms with Crippen molar-refractivity contribution >= 4 is 12.2 Å². The van der Waals surface area contributed by atoms with Crippen molar-refractivity contribution in [2.24, 2.45) is 5.16 Å². The summed E-state index contributed by atoms with van der Waals surface area (Å²) in [4.78, 5) is 16.0. The van der Waals surface area contributed by atoms with Gasteiger partial charge in [0, 0.05) is 25.7 Å². The number of carboxylic acids is 1. The van der Waals surface area contributed by atoms with E-state index in [4.69, 9.17) is 9.94 Å². The van der Waals surface area contributed by atoms with Crippen LogP contribution in [0.4, 0.5) is 13.2 Å². The molecule has 0 spiro atoms. The number of hydrogen-bond donors (Lipinski definition) is 2. The Morgan fingerprint density at radius 1 is 1.00 bits per heavy atom. The van der Waals surface area contributed by atoms with Gasteiger partial charge in [-0.1, -0.05) is 54.8 Å². The summed E-state index contributed by atoms with van der Waals surface area (Å²) in [6.07, 6.45) is 4.90. The summed E-state index contributed by atoms with van der Waals surface area (Å²) in [6.45, 7) is 1.05. The van der Waals surface area contributed by atoms with Gasteiger partial charge in [-0.2, -0.15) is 13.2 Å². The Hall–Kier alpha value is -2.87. The number of benzene rings is 2. The molecule has 200 valence electrons. The van der Waals surface area contributed by atoms with Crippen molar-refractivity contribution in [1.29, 1.82) is 0 Å². The van der Waals surface area contributed by atoms with Crippen LogP contribution >= 0.6 is 0 Å². The monoisotopic (exact) mass is 516 g/mol. The van der Waals surface area contributed by atoms with Crippen molar-refractivity contribution in [3.8, 4) is 0 Å². The fraction of sp³-hybridized carbons (Fsp3) is 0.517. The second kappa shape index (κ2) is 12.6. The van der Waals surface area contributed by atoms with Crippen LogP contribution in [0.2, 0.25) is 0 Å². The van der Waals surface area contributed by atoms with Crippen LogP contribution in [0.5, 0.6) is 0 Å². The first-order chi connectivity index (χ1) is 17.8. The molecule has 2 saturated carbocycles. The van der Waals surface area contributed by atoms with Gasteiger partial charge in [-0.25, -0.2) is 0 Å². The number of carboxylic acid groups (broad SMARTS) is 1. The van der Waals surface area contributed by atoms with Gasteiger partial charge in [0.15, 0.2) is 0 Å². The zero-order valence-electron chi connectivity index (χ0n) is 21.0. The average molecular weight is 517 g/mol. The summed E-state index contributed by atoms with van der Waals surface area (Å²) >= 11 is 0. The minimum absolute atomic E-state index is 0.0151. The lowest BCUT2D eigenvalue weighted by Crippen LogP contribution is -2.18. The zero-order valence-corrected chi connectivity index (χ0v) is 21.0. The Morgan fingerprint density at radius 3 is 2.43 bits per heavy atom. The predicted octanol–water partition coefficient (Wildman–Crippen LogP) is 6.94. The number of aliphatic carboxylic acids is 1. The van der Waals surface area contributed by atoms with Crippen molar-refractivity contribution in [3.63, 3.8) is 0 Å². The Labute approximate surface area is 216 Å². The Bertz CT molecular complexity index is 1090. The zero-order chi connectivity index (χ0) is 26.3. The van der Waals surface area contributed by atoms with E-state index in [1.807, 2.05) is 6.07 Å². The topological polar surface area (TPSA) is 70.9 Å². The van der Waals surface area contributed by atoms with Crippen LogP contribution in [-0.4, -0.2) is 23.8 Å². The van der Waals surface area contributed by atoms with Crippen molar-refractivity contribution < 1.29 is 27.9 Å². The molecule has 0 unspecified atom stereocenters. The molecule has 37 heavy (non-hydrogen) atoms. The summed E-state index contributed by atoms with van der Waals surface area (Å²) in [5.41, 5.74) is 3.87. The normalized spacial score (nSPS) is 16.8. The van der Waals surface area contributed by atoms with E-state index in [2.05, 4.69) is 22.6 Å². The van der Waals surface area contributed by atoms with E-state index in [0.29, 0.717) is 36.6 Å². The van der Waals surface area contributed by atoms with Crippen LogP contribution in [-0.2, 0) is 35.4 Å². The molecule has 2 N–H and O–H groups in total. The highest BCUT2D eigenvalue weighted by Gasteiger charge is 2.35. The molecule has 2 aromatic rings. The maximum Gasteiger partial charge on any atom is 0.416 e. The van der Waals surface area contributed by atoms with Gasteiger partial charge in [0.1, 0.15) is 6.61 Å². The van der Waals surface area contributed by atoms with Gasteiger partial charge in [0.2, 0.25) is 0 Å². The van der Waals surface area contributed by atoms with E-state index in [9.17, 15) is 18.0 Å². The predicted molar refractivity (Wildman–Crippen MR) is 137 cm³/mol. The smallest absolute Gasteiger partial charge is 0.416 e. The Kier molecular flexibility index (Phi) is 9.24. The van der Waals surface area contributed by atoms with Crippen LogP contribution in [0.3, 0.4) is 0 Å². The molecule has 2 aromatic carbocycles. The maximum atomic E-state index is 13.8. The SMILES string of the molecule is O=C(O)CCNCc1ccc(CC=NOCc2ccc(C3CCCCC3)c(C(F)(F)F)c2)cc1C1CC1. The van der Waals surface area contributed by atoms with Crippen molar-refractivity contribution in [3.05, 3.63) is 69.8 Å². The summed E-state index contributed by atoms with van der Waals surface area (Å²) < 4.78 is 41.3. The second-order valence-corrected chi connectivity index (χ2v) is 10.1. The number of oxime groups is 1. The minimum Gasteiger partial charge on any atom is -0.481 e. The lowest BCUT2D eigenvalue weighted by Gasteiger charge is -2.25. The number of hydrogen-bond acceptors (Lipinski definition) is 4. The molecule has 0 amide bonds. The number of halogens is 3. The molecule has 4 rings (SSSR count). The van der Waals surface area contributed by atoms with E-state index in [0.717, 1.165) is 50.5 Å². The van der Waals surface area contributed by atoms with Crippen molar-refractivity contribution in [1.82, 2.24) is 5.32 Å². The highest BCUT2D eigenvalue weighted by Crippen LogP contribution is 2.42. The van der Waals surface area contributed by atoms with E-state index in [-0.39, 0.29) is 18.9 Å². The lowest BCUT2D eigenvalue weighted by molar-refractivity contribution is -0.139. The summed E-state index contributed by atoms with van der Waals surface area (Å²) in [7, 11) is 0. The number of carbonyl (C=O) groups is 1. The first-order valence-electron chi connectivity index (χ1n) is 13.2. The average Bonchev–Trinajstić information content (AvgIpc) is 3.72. The molecule has 2 aliphatic carbocycles. The lowest BCUT2D eigenvalue weighted by atomic mass is 9.81. The first-order valence-corrected chi connectivity index (χ1v) is 13.2. The Morgan fingerprint density at radius 2 is 1.73 bits per heavy atom. The van der Waals surface area contributed by atoms with Crippen molar-refractivity contribution in [2.75, 3.05) is 6.54 Å². The molecule has 0 atom stereocenters. The molecule has 0 radical (unpaired) electrons. The fourth-order valence-corrected chi connectivity index (χ4v) is 5.14. The third-order valence-electron chi connectivity index (χ3n) is 7.23. The van der Waals surface area contributed by atoms with Crippen LogP contribution in [0.1, 0.15) is 96.6 Å². The molecular weight excluding hydrogens is 481 g/mol. The molecule has 8 heteroatoms. The van der Waals surface area contributed by atoms with Crippen LogP contribution < -0.4 is 5.32 Å². The standard InChI is InChI=1S/C29H35F3N2O3/c30-29(31,32)27-17-21(7-11-25(27)22-4-2-1-3-5-22)19-37-34-15-12-20-6-8-24(18-33-14-13-28(35)36)26(16-20)23-9-10-23/h6-8,11,15-17,22-23,33H,1-5,9-10,12-14,18-19H2,(H,35,36). The van der Waals surface area contributed by atoms with Gasteiger partial charge in [0.05, 0.1) is 12.0 Å². The molecule has 2 aliphatic rings. The third-order valence-corrected chi connectivity index (χ3v) is 7.23. The first kappa shape index (κ1) is 27.2. The number of nitrogens with zero attached hydrogens (tertiary/aromatic N) is 1. The van der Waals surface area contributed by atoms with E-state index < -0.39 is 17.7 Å². The van der Waals surface area contributed by atoms with E-state index in [1.54, 1.807) is 18.3 Å². The molecular formula is C29H35F3N2O3. The van der Waals surface area contributed by atoms with Gasteiger partial charge in [0.25, 0.3) is 0 Å². The molecule has 0 aliphatic heterocycles. The van der Waals surface area contributed by atoms with Gasteiger partial charge in [-0.3, -0.25) is 4.79 Å². The summed E-state index contributed by atoms with van der Waals surface area (Å²) in [5, 5.41) is 16.0. The van der Waals surface area contributed by atoms with E-state index in [1.165, 1.54) is 17.2 Å². The van der Waals surface area contributed by atoms with Crippen LogP contribution in [0.15, 0.2) is 41.6 Å². The fourth-order valence-electron chi connectivity index (χ4n) is 5.14. The highest BCUT2D eigenvalue weighted by molar-refractivity contribution is 5.66. The van der Waals surface area contributed by atoms with Crippen LogP contribution in [0, 0.1) is 0 Å². The summed E-state index contributed by atoms with van der Waals surface area (Å²) in [5.74, 6) is -0.293. The van der Waals surface area contributed by atoms with Gasteiger partial charge >= 0.3 is 12.1 Å². The number of rotatable bonds is 12. The quantitative estimate of drug-likeness (QED) is 0.182. The molecule has 0 heterocycles. The molecule has 0 bridgehead atoms. The molecule has 5 nitrogen and oxygen atoms in total. The van der Waals surface area contributed by atoms with Gasteiger partial charge < -0.3 is 15.3 Å². The van der Waals surface area contributed by atoms with Gasteiger partial charge in [-0.15, -0.1) is 0 Å². The number of alkyl halides is 3. The minimum atomic E-state index is -4.39. The molecule has 0 aromatic heterocycles. The van der Waals surface area contributed by atoms with Crippen LogP contribution in [0.25, 0.3) is 0 Å². The van der Waals surface area contributed by atoms with E-state index >= 15 is 0 Å². The summed E-state index contributed by atoms with van der Waals surface area (Å²) in [6, 6.07) is 10.8. The maximum absolute atomic E-state index is 13.8. The third kappa shape index (κ3) is 8.06. The van der Waals surface area contributed by atoms with Gasteiger partial charge in [-0.05, 0) is 71.4 Å². The number of nitrogens with one attached hydrogen (secondary N) is 1. The highest BCUT2D eigenvalue weighted by atomic mass is 19.4. The van der Waals surface area contributed by atoms with Crippen molar-refractivity contribution in [2.45, 2.75) is 89.0 Å². The largest absolute Gasteiger partial charge is 0.481 e. The Balaban J connectivity index is 1.31.